The van der Waals surface area contributed by atoms with E-state index < -0.39 is 0 Å². The summed E-state index contributed by atoms with van der Waals surface area (Å²) in [6.07, 6.45) is 2.51. The monoisotopic (exact) mass is 349 g/mol. The molecule has 0 saturated heterocycles. The predicted octanol–water partition coefficient (Wildman–Crippen LogP) is 3.79. The third kappa shape index (κ3) is 3.44. The Balaban J connectivity index is 2.34. The van der Waals surface area contributed by atoms with Crippen molar-refractivity contribution in [2.24, 2.45) is 0 Å². The van der Waals surface area contributed by atoms with Crippen molar-refractivity contribution in [3.63, 3.8) is 0 Å². The minimum Gasteiger partial charge on any atom is -0.496 e. The van der Waals surface area contributed by atoms with E-state index in [0.717, 1.165) is 32.6 Å². The van der Waals surface area contributed by atoms with Crippen LogP contribution in [0.15, 0.2) is 34.9 Å². The molecule has 2 aromatic rings. The summed E-state index contributed by atoms with van der Waals surface area (Å²) in [6, 6.07) is 7.99. The van der Waals surface area contributed by atoms with Crippen LogP contribution in [0.4, 0.5) is 0 Å². The number of aliphatic hydroxyl groups excluding tert-OH is 1. The highest BCUT2D eigenvalue weighted by Gasteiger charge is 2.18. The Hall–Kier alpha value is -1.39. The largest absolute Gasteiger partial charge is 0.496 e. The van der Waals surface area contributed by atoms with E-state index in [9.17, 15) is 5.11 Å². The number of halogens is 1. The van der Waals surface area contributed by atoms with Gasteiger partial charge in [-0.2, -0.15) is 0 Å². The van der Waals surface area contributed by atoms with Crippen molar-refractivity contribution in [1.82, 2.24) is 4.98 Å². The van der Waals surface area contributed by atoms with Gasteiger partial charge in [0.1, 0.15) is 5.75 Å². The van der Waals surface area contributed by atoms with Gasteiger partial charge in [-0.1, -0.05) is 34.1 Å². The van der Waals surface area contributed by atoms with Crippen molar-refractivity contribution in [2.45, 2.75) is 26.2 Å². The molecule has 1 atom stereocenters. The molecule has 1 heterocycles. The number of aliphatic hydroxyl groups is 1. The summed E-state index contributed by atoms with van der Waals surface area (Å²) in [6.45, 7) is 4.09. The first kappa shape index (κ1) is 16.0. The Morgan fingerprint density at radius 2 is 2.00 bits per heavy atom. The predicted molar refractivity (Wildman–Crippen MR) is 87.9 cm³/mol. The van der Waals surface area contributed by atoms with E-state index in [2.05, 4.69) is 20.9 Å². The van der Waals surface area contributed by atoms with Crippen LogP contribution >= 0.6 is 15.9 Å². The summed E-state index contributed by atoms with van der Waals surface area (Å²) < 4.78 is 6.46. The maximum Gasteiger partial charge on any atom is 0.128 e. The molecule has 0 aliphatic heterocycles. The normalized spacial score (nSPS) is 12.2. The first-order valence-corrected chi connectivity index (χ1v) is 7.72. The molecule has 4 heteroatoms. The Bertz CT molecular complexity index is 628. The molecule has 1 aromatic carbocycles. The van der Waals surface area contributed by atoms with Gasteiger partial charge >= 0.3 is 0 Å². The summed E-state index contributed by atoms with van der Waals surface area (Å²) >= 11 is 3.55. The zero-order valence-electron chi connectivity index (χ0n) is 12.6. The molecule has 2 rings (SSSR count). The minimum atomic E-state index is 0.0131. The maximum absolute atomic E-state index is 9.76. The van der Waals surface area contributed by atoms with Gasteiger partial charge in [-0.3, -0.25) is 4.98 Å². The molecule has 1 aromatic heterocycles. The fourth-order valence-corrected chi connectivity index (χ4v) is 3.20. The quantitative estimate of drug-likeness (QED) is 0.892. The molecule has 0 aliphatic carbocycles. The number of aromatic nitrogens is 1. The van der Waals surface area contributed by atoms with E-state index >= 15 is 0 Å². The highest BCUT2D eigenvalue weighted by molar-refractivity contribution is 9.10. The van der Waals surface area contributed by atoms with Gasteiger partial charge in [0, 0.05) is 33.4 Å². The lowest BCUT2D eigenvalue weighted by atomic mass is 9.93. The van der Waals surface area contributed by atoms with Crippen LogP contribution in [-0.4, -0.2) is 23.8 Å². The topological polar surface area (TPSA) is 42.4 Å². The van der Waals surface area contributed by atoms with Gasteiger partial charge in [-0.05, 0) is 31.9 Å². The summed E-state index contributed by atoms with van der Waals surface area (Å²) in [7, 11) is 1.68. The zero-order chi connectivity index (χ0) is 15.4. The van der Waals surface area contributed by atoms with Crippen LogP contribution in [0.5, 0.6) is 5.75 Å². The summed E-state index contributed by atoms with van der Waals surface area (Å²) in [5.74, 6) is 0.892. The van der Waals surface area contributed by atoms with Crippen LogP contribution < -0.4 is 4.74 Å². The van der Waals surface area contributed by atoms with E-state index in [1.54, 1.807) is 7.11 Å². The lowest BCUT2D eigenvalue weighted by Gasteiger charge is -2.18. The third-order valence-corrected chi connectivity index (χ3v) is 4.48. The van der Waals surface area contributed by atoms with Gasteiger partial charge in [-0.25, -0.2) is 0 Å². The average Bonchev–Trinajstić information content (AvgIpc) is 2.48. The highest BCUT2D eigenvalue weighted by Crippen LogP contribution is 2.30. The van der Waals surface area contributed by atoms with Crippen molar-refractivity contribution < 1.29 is 9.84 Å². The lowest BCUT2D eigenvalue weighted by Crippen LogP contribution is -2.11. The van der Waals surface area contributed by atoms with E-state index in [-0.39, 0.29) is 12.5 Å². The lowest BCUT2D eigenvalue weighted by molar-refractivity contribution is 0.263. The van der Waals surface area contributed by atoms with E-state index in [1.807, 2.05) is 44.3 Å². The molecule has 3 nitrogen and oxygen atoms in total. The summed E-state index contributed by atoms with van der Waals surface area (Å²) in [5, 5.41) is 9.76. The van der Waals surface area contributed by atoms with E-state index in [0.29, 0.717) is 6.42 Å². The van der Waals surface area contributed by atoms with Crippen molar-refractivity contribution in [3.05, 3.63) is 57.3 Å². The molecule has 0 radical (unpaired) electrons. The smallest absolute Gasteiger partial charge is 0.128 e. The Kier molecular flexibility index (Phi) is 5.37. The highest BCUT2D eigenvalue weighted by atomic mass is 79.9. The molecule has 0 amide bonds. The van der Waals surface area contributed by atoms with Crippen LogP contribution in [0.1, 0.15) is 28.3 Å². The molecule has 0 bridgehead atoms. The van der Waals surface area contributed by atoms with Gasteiger partial charge in [0.05, 0.1) is 13.7 Å². The Morgan fingerprint density at radius 1 is 1.29 bits per heavy atom. The number of hydrogen-bond donors (Lipinski definition) is 1. The van der Waals surface area contributed by atoms with Crippen LogP contribution in [0, 0.1) is 13.8 Å². The van der Waals surface area contributed by atoms with Gasteiger partial charge in [0.25, 0.3) is 0 Å². The summed E-state index contributed by atoms with van der Waals surface area (Å²) in [4.78, 5) is 4.52. The standard InChI is InChI=1S/C17H20BrNO2/c1-11-9-19-16(12(2)17(11)21-3)8-13(10-20)14-6-4-5-7-15(14)18/h4-7,9,13,20H,8,10H2,1-3H3. The maximum atomic E-state index is 9.76. The minimum absolute atomic E-state index is 0.0131. The molecule has 0 spiro atoms. The molecule has 1 unspecified atom stereocenters. The first-order valence-electron chi connectivity index (χ1n) is 6.92. The summed E-state index contributed by atoms with van der Waals surface area (Å²) in [5.41, 5.74) is 4.14. The molecule has 1 N–H and O–H groups in total. The second-order valence-electron chi connectivity index (χ2n) is 5.15. The van der Waals surface area contributed by atoms with Crippen molar-refractivity contribution in [3.8, 4) is 5.75 Å². The molecule has 0 fully saturated rings. The number of hydrogen-bond acceptors (Lipinski definition) is 3. The number of aryl methyl sites for hydroxylation is 1. The Morgan fingerprint density at radius 3 is 2.62 bits per heavy atom. The molecular weight excluding hydrogens is 330 g/mol. The number of nitrogens with zero attached hydrogens (tertiary/aromatic N) is 1. The fraction of sp³-hybridized carbons (Fsp3) is 0.353. The van der Waals surface area contributed by atoms with E-state index in [1.165, 1.54) is 0 Å². The number of rotatable bonds is 5. The molecule has 21 heavy (non-hydrogen) atoms. The van der Waals surface area contributed by atoms with Crippen molar-refractivity contribution in [2.75, 3.05) is 13.7 Å². The van der Waals surface area contributed by atoms with Gasteiger partial charge < -0.3 is 9.84 Å². The molecular formula is C17H20BrNO2. The fourth-order valence-electron chi connectivity index (χ4n) is 2.59. The van der Waals surface area contributed by atoms with Crippen molar-refractivity contribution >= 4 is 15.9 Å². The SMILES string of the molecule is COc1c(C)cnc(CC(CO)c2ccccc2Br)c1C. The van der Waals surface area contributed by atoms with Crippen molar-refractivity contribution in [1.29, 1.82) is 0 Å². The van der Waals surface area contributed by atoms with Gasteiger partial charge in [0.15, 0.2) is 0 Å². The molecule has 0 aliphatic rings. The third-order valence-electron chi connectivity index (χ3n) is 3.75. The second-order valence-corrected chi connectivity index (χ2v) is 6.01. The van der Waals surface area contributed by atoms with Gasteiger partial charge in [-0.15, -0.1) is 0 Å². The number of methoxy groups -OCH3 is 1. The first-order chi connectivity index (χ1) is 10.1. The van der Waals surface area contributed by atoms with Crippen LogP contribution in [-0.2, 0) is 6.42 Å². The van der Waals surface area contributed by atoms with Crippen LogP contribution in [0.2, 0.25) is 0 Å². The van der Waals surface area contributed by atoms with E-state index in [4.69, 9.17) is 4.74 Å². The molecule has 0 saturated carbocycles. The Labute approximate surface area is 134 Å². The number of pyridine rings is 1. The second kappa shape index (κ2) is 7.05. The number of ether oxygens (including phenoxy) is 1. The van der Waals surface area contributed by atoms with Crippen LogP contribution in [0.25, 0.3) is 0 Å². The van der Waals surface area contributed by atoms with Gasteiger partial charge in [0.2, 0.25) is 0 Å². The molecule has 112 valence electrons. The number of benzene rings is 1. The zero-order valence-corrected chi connectivity index (χ0v) is 14.1. The van der Waals surface area contributed by atoms with Crippen LogP contribution in [0.3, 0.4) is 0 Å². The average molecular weight is 350 g/mol.